The molecule has 0 fully saturated rings. The lowest BCUT2D eigenvalue weighted by atomic mass is 10.1. The first-order valence-electron chi connectivity index (χ1n) is 5.76. The highest BCUT2D eigenvalue weighted by atomic mass is 79.9. The van der Waals surface area contributed by atoms with E-state index in [1.807, 2.05) is 24.3 Å². The molecule has 0 amide bonds. The van der Waals surface area contributed by atoms with Crippen molar-refractivity contribution in [2.75, 3.05) is 5.75 Å². The third-order valence-corrected chi connectivity index (χ3v) is 5.35. The molecule has 0 aromatic heterocycles. The molecular weight excluding hydrogens is 384 g/mol. The van der Waals surface area contributed by atoms with Crippen molar-refractivity contribution in [1.29, 1.82) is 0 Å². The zero-order valence-corrected chi connectivity index (χ0v) is 14.2. The van der Waals surface area contributed by atoms with E-state index < -0.39 is 11.9 Å². The monoisotopic (exact) mass is 393 g/mol. The van der Waals surface area contributed by atoms with Gasteiger partial charge in [0.05, 0.1) is 5.02 Å². The fourth-order valence-corrected chi connectivity index (χ4v) is 3.12. The second-order valence-corrected chi connectivity index (χ2v) is 6.90. The molecule has 0 radical (unpaired) electrons. The molecule has 0 aliphatic carbocycles. The standard InChI is InChI=1S/C14H11BrCl2FNS/c15-11-6-5-10(14(18)13(11)17)12(19)7-20-9-3-1-8(16)2-4-9/h1-6,12H,7,19H2. The Morgan fingerprint density at radius 2 is 1.80 bits per heavy atom. The van der Waals surface area contributed by atoms with Crippen LogP contribution in [0.25, 0.3) is 0 Å². The van der Waals surface area contributed by atoms with Crippen LogP contribution in [0.1, 0.15) is 11.6 Å². The van der Waals surface area contributed by atoms with Gasteiger partial charge in [0, 0.05) is 31.7 Å². The van der Waals surface area contributed by atoms with Crippen LogP contribution in [0.3, 0.4) is 0 Å². The first-order chi connectivity index (χ1) is 9.49. The molecule has 2 N–H and O–H groups in total. The fraction of sp³-hybridized carbons (Fsp3) is 0.143. The average Bonchev–Trinajstić information content (AvgIpc) is 2.44. The smallest absolute Gasteiger partial charge is 0.147 e. The van der Waals surface area contributed by atoms with Crippen molar-refractivity contribution in [2.45, 2.75) is 10.9 Å². The summed E-state index contributed by atoms with van der Waals surface area (Å²) < 4.78 is 14.5. The van der Waals surface area contributed by atoms with Crippen LogP contribution in [0, 0.1) is 5.82 Å². The van der Waals surface area contributed by atoms with Gasteiger partial charge in [0.2, 0.25) is 0 Å². The van der Waals surface area contributed by atoms with E-state index >= 15 is 0 Å². The van der Waals surface area contributed by atoms with Gasteiger partial charge >= 0.3 is 0 Å². The van der Waals surface area contributed by atoms with Crippen LogP contribution in [0.4, 0.5) is 4.39 Å². The molecule has 0 bridgehead atoms. The summed E-state index contributed by atoms with van der Waals surface area (Å²) in [7, 11) is 0. The van der Waals surface area contributed by atoms with Gasteiger partial charge in [-0.25, -0.2) is 4.39 Å². The molecule has 0 heterocycles. The number of benzene rings is 2. The molecule has 106 valence electrons. The molecule has 6 heteroatoms. The summed E-state index contributed by atoms with van der Waals surface area (Å²) in [4.78, 5) is 1.04. The van der Waals surface area contributed by atoms with Crippen LogP contribution in [-0.4, -0.2) is 5.75 Å². The molecule has 2 rings (SSSR count). The van der Waals surface area contributed by atoms with Gasteiger partial charge in [-0.3, -0.25) is 0 Å². The zero-order valence-electron chi connectivity index (χ0n) is 10.2. The normalized spacial score (nSPS) is 12.4. The number of hydrogen-bond donors (Lipinski definition) is 1. The van der Waals surface area contributed by atoms with Gasteiger partial charge < -0.3 is 5.73 Å². The van der Waals surface area contributed by atoms with Gasteiger partial charge in [0.25, 0.3) is 0 Å². The molecule has 0 saturated heterocycles. The highest BCUT2D eigenvalue weighted by Crippen LogP contribution is 2.32. The molecule has 0 aliphatic heterocycles. The van der Waals surface area contributed by atoms with Crippen LogP contribution in [0.2, 0.25) is 10.0 Å². The largest absolute Gasteiger partial charge is 0.323 e. The number of hydrogen-bond acceptors (Lipinski definition) is 2. The van der Waals surface area contributed by atoms with E-state index in [-0.39, 0.29) is 5.02 Å². The average molecular weight is 395 g/mol. The van der Waals surface area contributed by atoms with E-state index in [9.17, 15) is 4.39 Å². The topological polar surface area (TPSA) is 26.0 Å². The molecular formula is C14H11BrCl2FNS. The van der Waals surface area contributed by atoms with Crippen LogP contribution >= 0.6 is 50.9 Å². The van der Waals surface area contributed by atoms with Crippen molar-refractivity contribution >= 4 is 50.9 Å². The summed E-state index contributed by atoms with van der Waals surface area (Å²) in [6, 6.07) is 10.4. The number of rotatable bonds is 4. The fourth-order valence-electron chi connectivity index (χ4n) is 1.63. The Balaban J connectivity index is 2.07. The third-order valence-electron chi connectivity index (χ3n) is 2.71. The number of nitrogens with two attached hydrogens (primary N) is 1. The molecule has 0 saturated carbocycles. The van der Waals surface area contributed by atoms with Crippen molar-refractivity contribution in [3.8, 4) is 0 Å². The van der Waals surface area contributed by atoms with E-state index in [4.69, 9.17) is 28.9 Å². The van der Waals surface area contributed by atoms with Crippen molar-refractivity contribution in [3.05, 3.63) is 62.3 Å². The number of halogens is 4. The van der Waals surface area contributed by atoms with Crippen LogP contribution < -0.4 is 5.73 Å². The minimum Gasteiger partial charge on any atom is -0.323 e. The Hall–Kier alpha value is -0.260. The second-order valence-electron chi connectivity index (χ2n) is 4.14. The Morgan fingerprint density at radius 3 is 2.45 bits per heavy atom. The van der Waals surface area contributed by atoms with E-state index in [2.05, 4.69) is 15.9 Å². The molecule has 2 aromatic rings. The Morgan fingerprint density at radius 1 is 1.15 bits per heavy atom. The van der Waals surface area contributed by atoms with E-state index in [0.29, 0.717) is 20.8 Å². The molecule has 0 aliphatic rings. The maximum absolute atomic E-state index is 14.0. The van der Waals surface area contributed by atoms with Crippen molar-refractivity contribution < 1.29 is 4.39 Å². The van der Waals surface area contributed by atoms with Gasteiger partial charge in [-0.15, -0.1) is 11.8 Å². The summed E-state index contributed by atoms with van der Waals surface area (Å²) in [5.74, 6) is 0.0847. The van der Waals surface area contributed by atoms with Gasteiger partial charge in [0.1, 0.15) is 5.82 Å². The third kappa shape index (κ3) is 3.89. The molecule has 1 nitrogen and oxygen atoms in total. The Bertz CT molecular complexity index is 607. The summed E-state index contributed by atoms with van der Waals surface area (Å²) in [5, 5.41) is 0.749. The predicted molar refractivity (Wildman–Crippen MR) is 88.2 cm³/mol. The zero-order chi connectivity index (χ0) is 14.7. The molecule has 1 atom stereocenters. The van der Waals surface area contributed by atoms with Crippen molar-refractivity contribution in [1.82, 2.24) is 0 Å². The summed E-state index contributed by atoms with van der Waals surface area (Å²) >= 11 is 16.4. The Labute approximate surface area is 139 Å². The van der Waals surface area contributed by atoms with Crippen LogP contribution in [0.5, 0.6) is 0 Å². The highest BCUT2D eigenvalue weighted by Gasteiger charge is 2.16. The first-order valence-corrected chi connectivity index (χ1v) is 8.30. The molecule has 2 aromatic carbocycles. The van der Waals surface area contributed by atoms with Crippen molar-refractivity contribution in [2.24, 2.45) is 5.73 Å². The molecule has 20 heavy (non-hydrogen) atoms. The predicted octanol–water partition coefficient (Wildman–Crippen LogP) is 5.69. The minimum atomic E-state index is -0.467. The summed E-state index contributed by atoms with van der Waals surface area (Å²) in [5.41, 5.74) is 6.45. The lowest BCUT2D eigenvalue weighted by Gasteiger charge is -2.14. The van der Waals surface area contributed by atoms with Gasteiger partial charge in [0.15, 0.2) is 0 Å². The summed E-state index contributed by atoms with van der Waals surface area (Å²) in [6.45, 7) is 0. The van der Waals surface area contributed by atoms with Gasteiger partial charge in [-0.1, -0.05) is 29.3 Å². The molecule has 1 unspecified atom stereocenters. The lowest BCUT2D eigenvalue weighted by Crippen LogP contribution is -2.15. The first kappa shape index (κ1) is 16.1. The molecule has 0 spiro atoms. The quantitative estimate of drug-likeness (QED) is 0.532. The van der Waals surface area contributed by atoms with E-state index in [0.717, 1.165) is 4.90 Å². The SMILES string of the molecule is NC(CSc1ccc(Cl)cc1)c1ccc(Br)c(Cl)c1F. The maximum atomic E-state index is 14.0. The highest BCUT2D eigenvalue weighted by molar-refractivity contribution is 9.10. The van der Waals surface area contributed by atoms with Crippen LogP contribution in [0.15, 0.2) is 45.8 Å². The second kappa shape index (κ2) is 7.14. The maximum Gasteiger partial charge on any atom is 0.147 e. The van der Waals surface area contributed by atoms with Gasteiger partial charge in [-0.05, 0) is 46.3 Å². The minimum absolute atomic E-state index is 0.0643. The Kier molecular flexibility index (Phi) is 5.75. The number of thioether (sulfide) groups is 1. The lowest BCUT2D eigenvalue weighted by molar-refractivity contribution is 0.595. The van der Waals surface area contributed by atoms with E-state index in [1.165, 1.54) is 0 Å². The summed E-state index contributed by atoms with van der Waals surface area (Å²) in [6.07, 6.45) is 0. The van der Waals surface area contributed by atoms with E-state index in [1.54, 1.807) is 23.9 Å². The van der Waals surface area contributed by atoms with Gasteiger partial charge in [-0.2, -0.15) is 0 Å². The van der Waals surface area contributed by atoms with Crippen molar-refractivity contribution in [3.63, 3.8) is 0 Å². The van der Waals surface area contributed by atoms with Crippen LogP contribution in [-0.2, 0) is 0 Å².